The van der Waals surface area contributed by atoms with Crippen molar-refractivity contribution in [2.24, 2.45) is 10.9 Å². The van der Waals surface area contributed by atoms with Crippen molar-refractivity contribution in [1.82, 2.24) is 4.98 Å². The summed E-state index contributed by atoms with van der Waals surface area (Å²) in [6, 6.07) is 4.34. The maximum atomic E-state index is 4.52. The molecule has 0 amide bonds. The van der Waals surface area contributed by atoms with Gasteiger partial charge in [-0.3, -0.25) is 9.98 Å². The zero-order valence-corrected chi connectivity index (χ0v) is 8.59. The van der Waals surface area contributed by atoms with E-state index in [9.17, 15) is 0 Å². The summed E-state index contributed by atoms with van der Waals surface area (Å²) in [5, 5.41) is 0. The van der Waals surface area contributed by atoms with Gasteiger partial charge in [0.1, 0.15) is 6.04 Å². The molecule has 0 spiro atoms. The second-order valence-corrected chi connectivity index (χ2v) is 3.83. The summed E-state index contributed by atoms with van der Waals surface area (Å²) in [5.74, 6) is 0.393. The molecular formula is C13H12N2. The molecule has 0 radical (unpaired) electrons. The third-order valence-electron chi connectivity index (χ3n) is 3.09. The van der Waals surface area contributed by atoms with Crippen molar-refractivity contribution in [2.75, 3.05) is 0 Å². The van der Waals surface area contributed by atoms with E-state index >= 15 is 0 Å². The highest BCUT2D eigenvalue weighted by Crippen LogP contribution is 2.46. The number of hydrogen-bond acceptors (Lipinski definition) is 2. The van der Waals surface area contributed by atoms with Crippen LogP contribution in [0.15, 0.2) is 41.6 Å². The Morgan fingerprint density at radius 3 is 3.20 bits per heavy atom. The van der Waals surface area contributed by atoms with Gasteiger partial charge in [0.05, 0.1) is 5.69 Å². The highest BCUT2D eigenvalue weighted by molar-refractivity contribution is 5.81. The standard InChI is InChI=1S/C13H12N2/c1-2-9-10-5-3-7-14-12(10)13-11(9)6-4-8-15-13/h2-8,10,12H,1H3/b9-2+. The molecule has 2 atom stereocenters. The van der Waals surface area contributed by atoms with Gasteiger partial charge in [-0.1, -0.05) is 18.2 Å². The molecule has 2 heterocycles. The molecule has 1 aliphatic heterocycles. The van der Waals surface area contributed by atoms with Crippen LogP contribution in [0.5, 0.6) is 0 Å². The van der Waals surface area contributed by atoms with Crippen molar-refractivity contribution in [3.63, 3.8) is 0 Å². The first-order chi connectivity index (χ1) is 7.42. The number of hydrogen-bond donors (Lipinski definition) is 0. The molecule has 0 saturated heterocycles. The first kappa shape index (κ1) is 8.60. The lowest BCUT2D eigenvalue weighted by molar-refractivity contribution is 0.644. The van der Waals surface area contributed by atoms with Crippen molar-refractivity contribution in [2.45, 2.75) is 13.0 Å². The number of pyridine rings is 1. The SMILES string of the molecule is C/C=C1/c2cccnc2C2N=CC=CC12. The molecule has 3 rings (SSSR count). The van der Waals surface area contributed by atoms with Crippen molar-refractivity contribution >= 4 is 11.8 Å². The van der Waals surface area contributed by atoms with E-state index in [1.54, 1.807) is 0 Å². The molecule has 74 valence electrons. The Hall–Kier alpha value is -1.70. The van der Waals surface area contributed by atoms with Crippen molar-refractivity contribution in [3.05, 3.63) is 47.8 Å². The number of aromatic nitrogens is 1. The highest BCUT2D eigenvalue weighted by Gasteiger charge is 2.35. The van der Waals surface area contributed by atoms with Gasteiger partial charge >= 0.3 is 0 Å². The molecule has 15 heavy (non-hydrogen) atoms. The molecule has 2 nitrogen and oxygen atoms in total. The molecule has 1 aromatic rings. The molecular weight excluding hydrogens is 184 g/mol. The van der Waals surface area contributed by atoms with E-state index in [0.29, 0.717) is 5.92 Å². The van der Waals surface area contributed by atoms with Gasteiger partial charge in [-0.05, 0) is 24.6 Å². The molecule has 0 bridgehead atoms. The maximum absolute atomic E-state index is 4.52. The van der Waals surface area contributed by atoms with Gasteiger partial charge < -0.3 is 0 Å². The summed E-state index contributed by atoms with van der Waals surface area (Å²) in [7, 11) is 0. The minimum atomic E-state index is 0.206. The highest BCUT2D eigenvalue weighted by atomic mass is 14.9. The number of allylic oxidation sites excluding steroid dienone is 2. The minimum absolute atomic E-state index is 0.206. The van der Waals surface area contributed by atoms with E-state index in [-0.39, 0.29) is 6.04 Å². The van der Waals surface area contributed by atoms with Crippen LogP contribution in [-0.4, -0.2) is 11.2 Å². The molecule has 1 aliphatic carbocycles. The molecule has 2 heteroatoms. The van der Waals surface area contributed by atoms with Gasteiger partial charge in [-0.25, -0.2) is 0 Å². The fraction of sp³-hybridized carbons (Fsp3) is 0.231. The summed E-state index contributed by atoms with van der Waals surface area (Å²) in [5.41, 5.74) is 3.74. The average molecular weight is 196 g/mol. The van der Waals surface area contributed by atoms with Gasteiger partial charge in [-0.2, -0.15) is 0 Å². The third kappa shape index (κ3) is 1.11. The quantitative estimate of drug-likeness (QED) is 0.626. The van der Waals surface area contributed by atoms with Gasteiger partial charge in [0.25, 0.3) is 0 Å². The van der Waals surface area contributed by atoms with Crippen LogP contribution in [0.25, 0.3) is 5.57 Å². The summed E-state index contributed by atoms with van der Waals surface area (Å²) in [6.07, 6.45) is 10.1. The summed E-state index contributed by atoms with van der Waals surface area (Å²) in [4.78, 5) is 8.97. The Balaban J connectivity index is 2.23. The Morgan fingerprint density at radius 2 is 2.33 bits per heavy atom. The zero-order chi connectivity index (χ0) is 10.3. The number of nitrogens with zero attached hydrogens (tertiary/aromatic N) is 2. The lowest BCUT2D eigenvalue weighted by atomic mass is 9.95. The first-order valence-corrected chi connectivity index (χ1v) is 5.23. The van der Waals surface area contributed by atoms with Crippen molar-refractivity contribution in [1.29, 1.82) is 0 Å². The number of rotatable bonds is 0. The van der Waals surface area contributed by atoms with Crippen LogP contribution in [0, 0.1) is 5.92 Å². The van der Waals surface area contributed by atoms with Gasteiger partial charge in [0.15, 0.2) is 0 Å². The van der Waals surface area contributed by atoms with E-state index in [0.717, 1.165) is 5.69 Å². The summed E-state index contributed by atoms with van der Waals surface area (Å²) >= 11 is 0. The molecule has 1 aromatic heterocycles. The minimum Gasteiger partial charge on any atom is -0.282 e. The summed E-state index contributed by atoms with van der Waals surface area (Å²) < 4.78 is 0. The van der Waals surface area contributed by atoms with Gasteiger partial charge in [-0.15, -0.1) is 0 Å². The van der Waals surface area contributed by atoms with Crippen LogP contribution in [0.4, 0.5) is 0 Å². The molecule has 0 aromatic carbocycles. The van der Waals surface area contributed by atoms with Crippen molar-refractivity contribution < 1.29 is 0 Å². The Kier molecular flexibility index (Phi) is 1.81. The van der Waals surface area contributed by atoms with Crippen LogP contribution in [0.2, 0.25) is 0 Å². The van der Waals surface area contributed by atoms with Crippen LogP contribution in [0.1, 0.15) is 24.2 Å². The van der Waals surface area contributed by atoms with E-state index < -0.39 is 0 Å². The predicted molar refractivity (Wildman–Crippen MR) is 61.8 cm³/mol. The van der Waals surface area contributed by atoms with Crippen LogP contribution in [0.3, 0.4) is 0 Å². The largest absolute Gasteiger partial charge is 0.282 e. The summed E-state index contributed by atoms with van der Waals surface area (Å²) in [6.45, 7) is 2.08. The lowest BCUT2D eigenvalue weighted by Crippen LogP contribution is -2.06. The first-order valence-electron chi connectivity index (χ1n) is 5.23. The second-order valence-electron chi connectivity index (χ2n) is 3.83. The fourth-order valence-corrected chi connectivity index (χ4v) is 2.45. The number of fused-ring (bicyclic) bond motifs is 3. The fourth-order valence-electron chi connectivity index (χ4n) is 2.45. The molecule has 0 fully saturated rings. The zero-order valence-electron chi connectivity index (χ0n) is 8.59. The topological polar surface area (TPSA) is 25.2 Å². The Bertz CT molecular complexity index is 483. The smallest absolute Gasteiger partial charge is 0.103 e. The lowest BCUT2D eigenvalue weighted by Gasteiger charge is -2.15. The molecule has 0 saturated carbocycles. The number of dihydropyridines is 1. The Labute approximate surface area is 89.1 Å². The molecule has 0 N–H and O–H groups in total. The van der Waals surface area contributed by atoms with Gasteiger partial charge in [0.2, 0.25) is 0 Å². The predicted octanol–water partition coefficient (Wildman–Crippen LogP) is 2.80. The van der Waals surface area contributed by atoms with Crippen LogP contribution in [-0.2, 0) is 0 Å². The van der Waals surface area contributed by atoms with Crippen LogP contribution >= 0.6 is 0 Å². The second kappa shape index (κ2) is 3.16. The maximum Gasteiger partial charge on any atom is 0.103 e. The van der Waals surface area contributed by atoms with E-state index in [2.05, 4.69) is 35.1 Å². The third-order valence-corrected chi connectivity index (χ3v) is 3.09. The number of aliphatic imine (C=N–C) groups is 1. The Morgan fingerprint density at radius 1 is 1.40 bits per heavy atom. The molecule has 2 unspecified atom stereocenters. The monoisotopic (exact) mass is 196 g/mol. The van der Waals surface area contributed by atoms with E-state index in [4.69, 9.17) is 0 Å². The van der Waals surface area contributed by atoms with Crippen LogP contribution < -0.4 is 0 Å². The molecule has 2 aliphatic rings. The van der Waals surface area contributed by atoms with Crippen molar-refractivity contribution in [3.8, 4) is 0 Å². The van der Waals surface area contributed by atoms with Gasteiger partial charge in [0, 0.05) is 23.9 Å². The normalized spacial score (nSPS) is 29.3. The average Bonchev–Trinajstić information content (AvgIpc) is 2.63. The van der Waals surface area contributed by atoms with E-state index in [1.165, 1.54) is 11.1 Å². The van der Waals surface area contributed by atoms with E-state index in [1.807, 2.05) is 24.6 Å².